The van der Waals surface area contributed by atoms with Crippen molar-refractivity contribution in [1.29, 1.82) is 0 Å². The molecule has 0 aromatic heterocycles. The zero-order valence-electron chi connectivity index (χ0n) is 9.61. The molecule has 2 heteroatoms. The summed E-state index contributed by atoms with van der Waals surface area (Å²) in [5, 5.41) is 0. The van der Waals surface area contributed by atoms with Crippen molar-refractivity contribution in [3.05, 3.63) is 48.0 Å². The number of hydrogen-bond acceptors (Lipinski definition) is 2. The Balaban J connectivity index is 2.69. The maximum Gasteiger partial charge on any atom is 0.163 e. The summed E-state index contributed by atoms with van der Waals surface area (Å²) in [5.41, 5.74) is 7.42. The van der Waals surface area contributed by atoms with Crippen LogP contribution in [0.2, 0.25) is 0 Å². The molecule has 0 bridgehead atoms. The molecular formula is C14H19NO. The Kier molecular flexibility index (Phi) is 5.51. The normalized spacial score (nSPS) is 10.1. The number of Topliss-reactive ketones (excluding diaryl/α,β-unsaturated/α-hetero) is 1. The third-order valence-electron chi connectivity index (χ3n) is 2.54. The van der Waals surface area contributed by atoms with E-state index in [1.165, 1.54) is 0 Å². The molecule has 0 spiro atoms. The maximum absolute atomic E-state index is 11.9. The van der Waals surface area contributed by atoms with Crippen molar-refractivity contribution in [1.82, 2.24) is 0 Å². The van der Waals surface area contributed by atoms with Crippen LogP contribution in [0.1, 0.15) is 35.2 Å². The number of rotatable bonds is 7. The highest BCUT2D eigenvalue weighted by Gasteiger charge is 2.09. The van der Waals surface area contributed by atoms with E-state index < -0.39 is 0 Å². The Morgan fingerprint density at radius 3 is 2.81 bits per heavy atom. The van der Waals surface area contributed by atoms with Crippen molar-refractivity contribution in [2.75, 3.05) is 6.54 Å². The first-order valence-corrected chi connectivity index (χ1v) is 5.71. The fraction of sp³-hybridized carbons (Fsp3) is 0.357. The van der Waals surface area contributed by atoms with Gasteiger partial charge in [0.05, 0.1) is 0 Å². The predicted molar refractivity (Wildman–Crippen MR) is 67.6 cm³/mol. The van der Waals surface area contributed by atoms with Gasteiger partial charge in [-0.1, -0.05) is 30.3 Å². The van der Waals surface area contributed by atoms with Crippen LogP contribution in [0, 0.1) is 0 Å². The summed E-state index contributed by atoms with van der Waals surface area (Å²) >= 11 is 0. The van der Waals surface area contributed by atoms with Crippen molar-refractivity contribution in [2.45, 2.75) is 25.7 Å². The number of ketones is 1. The molecule has 0 aliphatic carbocycles. The molecule has 0 amide bonds. The van der Waals surface area contributed by atoms with Gasteiger partial charge in [0.1, 0.15) is 0 Å². The minimum Gasteiger partial charge on any atom is -0.330 e. The zero-order valence-corrected chi connectivity index (χ0v) is 9.61. The summed E-state index contributed by atoms with van der Waals surface area (Å²) in [7, 11) is 0. The summed E-state index contributed by atoms with van der Waals surface area (Å²) in [6.07, 6.45) is 4.97. The van der Waals surface area contributed by atoms with Crippen LogP contribution in [0.3, 0.4) is 0 Å². The lowest BCUT2D eigenvalue weighted by atomic mass is 9.98. The predicted octanol–water partition coefficient (Wildman–Crippen LogP) is 2.73. The molecule has 0 aliphatic rings. The van der Waals surface area contributed by atoms with Gasteiger partial charge in [-0.3, -0.25) is 4.79 Å². The number of carbonyl (C=O) groups excluding carboxylic acids is 1. The molecule has 2 N–H and O–H groups in total. The van der Waals surface area contributed by atoms with E-state index in [2.05, 4.69) is 6.58 Å². The van der Waals surface area contributed by atoms with Crippen molar-refractivity contribution < 1.29 is 4.79 Å². The molecule has 1 rings (SSSR count). The average Bonchev–Trinajstić information content (AvgIpc) is 2.30. The van der Waals surface area contributed by atoms with Crippen LogP contribution in [-0.4, -0.2) is 12.3 Å². The highest BCUT2D eigenvalue weighted by atomic mass is 16.1. The molecule has 16 heavy (non-hydrogen) atoms. The minimum absolute atomic E-state index is 0.214. The maximum atomic E-state index is 11.9. The fourth-order valence-corrected chi connectivity index (χ4v) is 1.71. The molecule has 0 heterocycles. The largest absolute Gasteiger partial charge is 0.330 e. The van der Waals surface area contributed by atoms with Gasteiger partial charge < -0.3 is 5.73 Å². The third-order valence-corrected chi connectivity index (χ3v) is 2.54. The van der Waals surface area contributed by atoms with Gasteiger partial charge in [-0.25, -0.2) is 0 Å². The summed E-state index contributed by atoms with van der Waals surface area (Å²) in [5.74, 6) is 0.214. The van der Waals surface area contributed by atoms with Gasteiger partial charge in [0.25, 0.3) is 0 Å². The van der Waals surface area contributed by atoms with E-state index in [1.807, 2.05) is 30.3 Å². The van der Waals surface area contributed by atoms with Gasteiger partial charge >= 0.3 is 0 Å². The second-order valence-electron chi connectivity index (χ2n) is 3.80. The van der Waals surface area contributed by atoms with E-state index in [4.69, 9.17) is 5.73 Å². The topological polar surface area (TPSA) is 43.1 Å². The molecule has 0 saturated heterocycles. The molecule has 0 radical (unpaired) electrons. The number of benzene rings is 1. The quantitative estimate of drug-likeness (QED) is 0.433. The molecule has 0 unspecified atom stereocenters. The monoisotopic (exact) mass is 217 g/mol. The van der Waals surface area contributed by atoms with Crippen LogP contribution in [0.5, 0.6) is 0 Å². The Morgan fingerprint density at radius 1 is 1.38 bits per heavy atom. The minimum atomic E-state index is 0.214. The van der Waals surface area contributed by atoms with Gasteiger partial charge in [0.15, 0.2) is 5.78 Å². The molecule has 0 atom stereocenters. The van der Waals surface area contributed by atoms with E-state index in [9.17, 15) is 4.79 Å². The lowest BCUT2D eigenvalue weighted by molar-refractivity contribution is 0.0979. The first kappa shape index (κ1) is 12.7. The van der Waals surface area contributed by atoms with Crippen molar-refractivity contribution in [3.8, 4) is 0 Å². The Labute approximate surface area is 97.2 Å². The van der Waals surface area contributed by atoms with Gasteiger partial charge in [-0.2, -0.15) is 0 Å². The van der Waals surface area contributed by atoms with Crippen LogP contribution < -0.4 is 5.73 Å². The van der Waals surface area contributed by atoms with E-state index in [1.54, 1.807) is 0 Å². The van der Waals surface area contributed by atoms with Gasteiger partial charge in [-0.15, -0.1) is 6.58 Å². The third kappa shape index (κ3) is 3.63. The molecule has 0 fully saturated rings. The Bertz CT molecular complexity index is 358. The first-order chi connectivity index (χ1) is 7.79. The summed E-state index contributed by atoms with van der Waals surface area (Å²) in [6, 6.07) is 7.72. The second-order valence-corrected chi connectivity index (χ2v) is 3.80. The molecule has 0 aliphatic heterocycles. The van der Waals surface area contributed by atoms with Crippen LogP contribution in [0.15, 0.2) is 36.9 Å². The number of carbonyl (C=O) groups is 1. The first-order valence-electron chi connectivity index (χ1n) is 5.71. The number of nitrogens with two attached hydrogens (primary N) is 1. The lowest BCUT2D eigenvalue weighted by Gasteiger charge is -2.06. The van der Waals surface area contributed by atoms with Crippen LogP contribution in [0.25, 0.3) is 0 Å². The Morgan fingerprint density at radius 2 is 2.12 bits per heavy atom. The van der Waals surface area contributed by atoms with Crippen molar-refractivity contribution in [3.63, 3.8) is 0 Å². The molecule has 86 valence electrons. The Hall–Kier alpha value is -1.41. The molecule has 1 aromatic carbocycles. The molecule has 1 aromatic rings. The fourth-order valence-electron chi connectivity index (χ4n) is 1.71. The number of hydrogen-bond donors (Lipinski definition) is 1. The van der Waals surface area contributed by atoms with E-state index in [-0.39, 0.29) is 5.78 Å². The van der Waals surface area contributed by atoms with E-state index in [0.29, 0.717) is 13.0 Å². The molecule has 0 saturated carbocycles. The van der Waals surface area contributed by atoms with Gasteiger partial charge in [0.2, 0.25) is 0 Å². The van der Waals surface area contributed by atoms with Crippen molar-refractivity contribution >= 4 is 5.78 Å². The highest BCUT2D eigenvalue weighted by Crippen LogP contribution is 2.13. The molecule has 2 nitrogen and oxygen atoms in total. The second kappa shape index (κ2) is 6.96. The van der Waals surface area contributed by atoms with E-state index in [0.717, 1.165) is 30.4 Å². The van der Waals surface area contributed by atoms with Gasteiger partial charge in [-0.05, 0) is 31.4 Å². The van der Waals surface area contributed by atoms with Crippen LogP contribution >= 0.6 is 0 Å². The summed E-state index contributed by atoms with van der Waals surface area (Å²) < 4.78 is 0. The lowest BCUT2D eigenvalue weighted by Crippen LogP contribution is -2.08. The number of unbranched alkanes of at least 4 members (excludes halogenated alkanes) is 1. The smallest absolute Gasteiger partial charge is 0.163 e. The standard InChI is InChI=1S/C14H19NO/c1-2-3-4-9-14(16)13-8-6-5-7-12(13)10-11-15/h2,5-8H,1,3-4,9-11,15H2. The van der Waals surface area contributed by atoms with Crippen LogP contribution in [0.4, 0.5) is 0 Å². The summed E-state index contributed by atoms with van der Waals surface area (Å²) in [6.45, 7) is 4.23. The average molecular weight is 217 g/mol. The summed E-state index contributed by atoms with van der Waals surface area (Å²) in [4.78, 5) is 11.9. The molecular weight excluding hydrogens is 198 g/mol. The van der Waals surface area contributed by atoms with Crippen molar-refractivity contribution in [2.24, 2.45) is 5.73 Å². The number of allylic oxidation sites excluding steroid dienone is 1. The highest BCUT2D eigenvalue weighted by molar-refractivity contribution is 5.97. The van der Waals surface area contributed by atoms with Crippen LogP contribution in [-0.2, 0) is 6.42 Å². The van der Waals surface area contributed by atoms with Gasteiger partial charge in [0, 0.05) is 12.0 Å². The van der Waals surface area contributed by atoms with E-state index >= 15 is 0 Å². The SMILES string of the molecule is C=CCCCC(=O)c1ccccc1CCN. The zero-order chi connectivity index (χ0) is 11.8.